The van der Waals surface area contributed by atoms with E-state index >= 15 is 0 Å². The standard InChI is InChI=1S/C14H14N6OS2/c1-9-7-16-13(23-9)17-11(21)8-22-14-19-18-12(20(14)15)10-5-3-2-4-6-10/h2-7H,8,15H2,1H3,(H,16,17,21). The Morgan fingerprint density at radius 1 is 1.35 bits per heavy atom. The number of thiazole rings is 1. The van der Waals surface area contributed by atoms with Crippen LogP contribution in [0.3, 0.4) is 0 Å². The van der Waals surface area contributed by atoms with Gasteiger partial charge in [0.2, 0.25) is 11.1 Å². The number of rotatable bonds is 5. The fourth-order valence-corrected chi connectivity index (χ4v) is 3.19. The Labute approximate surface area is 140 Å². The number of hydrogen-bond donors (Lipinski definition) is 2. The van der Waals surface area contributed by atoms with Crippen molar-refractivity contribution in [2.45, 2.75) is 12.1 Å². The fourth-order valence-electron chi connectivity index (χ4n) is 1.86. The summed E-state index contributed by atoms with van der Waals surface area (Å²) >= 11 is 2.66. The number of carbonyl (C=O) groups is 1. The molecule has 118 valence electrons. The maximum Gasteiger partial charge on any atom is 0.236 e. The van der Waals surface area contributed by atoms with Gasteiger partial charge in [0, 0.05) is 16.6 Å². The first kappa shape index (κ1) is 15.5. The molecular weight excluding hydrogens is 332 g/mol. The lowest BCUT2D eigenvalue weighted by Gasteiger charge is -2.03. The number of nitrogens with zero attached hydrogens (tertiary/aromatic N) is 4. The van der Waals surface area contributed by atoms with E-state index in [9.17, 15) is 4.79 Å². The van der Waals surface area contributed by atoms with Crippen molar-refractivity contribution in [3.63, 3.8) is 0 Å². The Bertz CT molecular complexity index is 814. The first-order valence-corrected chi connectivity index (χ1v) is 8.54. The van der Waals surface area contributed by atoms with Crippen LogP contribution in [-0.4, -0.2) is 31.5 Å². The SMILES string of the molecule is Cc1cnc(NC(=O)CSc2nnc(-c3ccccc3)n2N)s1. The van der Waals surface area contributed by atoms with Gasteiger partial charge in [-0.2, -0.15) is 0 Å². The van der Waals surface area contributed by atoms with Crippen LogP contribution < -0.4 is 11.2 Å². The number of carbonyl (C=O) groups excluding carboxylic acids is 1. The van der Waals surface area contributed by atoms with E-state index in [0.29, 0.717) is 16.1 Å². The van der Waals surface area contributed by atoms with E-state index in [-0.39, 0.29) is 11.7 Å². The van der Waals surface area contributed by atoms with Crippen molar-refractivity contribution < 1.29 is 4.79 Å². The van der Waals surface area contributed by atoms with Crippen LogP contribution in [0.25, 0.3) is 11.4 Å². The van der Waals surface area contributed by atoms with Crippen molar-refractivity contribution in [3.8, 4) is 11.4 Å². The lowest BCUT2D eigenvalue weighted by atomic mass is 10.2. The minimum atomic E-state index is -0.159. The molecule has 1 amide bonds. The molecule has 1 aromatic carbocycles. The van der Waals surface area contributed by atoms with Crippen molar-refractivity contribution in [2.24, 2.45) is 0 Å². The average Bonchev–Trinajstić information content (AvgIpc) is 3.12. The van der Waals surface area contributed by atoms with E-state index in [1.807, 2.05) is 37.3 Å². The van der Waals surface area contributed by atoms with Crippen molar-refractivity contribution in [3.05, 3.63) is 41.4 Å². The maximum absolute atomic E-state index is 11.9. The molecule has 0 atom stereocenters. The van der Waals surface area contributed by atoms with Gasteiger partial charge in [0.15, 0.2) is 11.0 Å². The summed E-state index contributed by atoms with van der Waals surface area (Å²) in [6.45, 7) is 1.93. The third kappa shape index (κ3) is 3.69. The number of nitrogens with two attached hydrogens (primary N) is 1. The molecule has 0 saturated carbocycles. The van der Waals surface area contributed by atoms with Gasteiger partial charge in [0.25, 0.3) is 0 Å². The molecule has 0 bridgehead atoms. The van der Waals surface area contributed by atoms with Gasteiger partial charge < -0.3 is 11.2 Å². The monoisotopic (exact) mass is 346 g/mol. The highest BCUT2D eigenvalue weighted by molar-refractivity contribution is 7.99. The number of amides is 1. The molecule has 2 aromatic heterocycles. The van der Waals surface area contributed by atoms with Gasteiger partial charge in [-0.3, -0.25) is 4.79 Å². The van der Waals surface area contributed by atoms with Gasteiger partial charge in [0.1, 0.15) is 0 Å². The number of hydrogen-bond acceptors (Lipinski definition) is 7. The minimum Gasteiger partial charge on any atom is -0.335 e. The molecule has 0 spiro atoms. The van der Waals surface area contributed by atoms with Gasteiger partial charge in [-0.15, -0.1) is 21.5 Å². The molecule has 7 nitrogen and oxygen atoms in total. The minimum absolute atomic E-state index is 0.159. The van der Waals surface area contributed by atoms with Gasteiger partial charge in [-0.25, -0.2) is 9.66 Å². The highest BCUT2D eigenvalue weighted by atomic mass is 32.2. The van der Waals surface area contributed by atoms with Crippen LogP contribution in [-0.2, 0) is 4.79 Å². The smallest absolute Gasteiger partial charge is 0.236 e. The summed E-state index contributed by atoms with van der Waals surface area (Å²) in [5.41, 5.74) is 0.872. The van der Waals surface area contributed by atoms with Crippen LogP contribution in [0.4, 0.5) is 5.13 Å². The molecule has 2 heterocycles. The summed E-state index contributed by atoms with van der Waals surface area (Å²) in [5.74, 6) is 6.59. The van der Waals surface area contributed by atoms with Gasteiger partial charge in [0.05, 0.1) is 5.75 Å². The Balaban J connectivity index is 1.63. The molecule has 3 N–H and O–H groups in total. The summed E-state index contributed by atoms with van der Waals surface area (Å²) in [6.07, 6.45) is 1.72. The van der Waals surface area contributed by atoms with Crippen molar-refractivity contribution in [1.29, 1.82) is 0 Å². The number of aryl methyl sites for hydroxylation is 1. The highest BCUT2D eigenvalue weighted by Gasteiger charge is 2.14. The second kappa shape index (κ2) is 6.80. The van der Waals surface area contributed by atoms with E-state index in [1.54, 1.807) is 6.20 Å². The van der Waals surface area contributed by atoms with Crippen LogP contribution in [0.15, 0.2) is 41.7 Å². The summed E-state index contributed by atoms with van der Waals surface area (Å²) in [7, 11) is 0. The second-order valence-electron chi connectivity index (χ2n) is 4.66. The first-order valence-electron chi connectivity index (χ1n) is 6.74. The molecule has 3 aromatic rings. The van der Waals surface area contributed by atoms with Crippen LogP contribution in [0.1, 0.15) is 4.88 Å². The van der Waals surface area contributed by atoms with Crippen LogP contribution in [0, 0.1) is 6.92 Å². The van der Waals surface area contributed by atoms with E-state index in [2.05, 4.69) is 20.5 Å². The van der Waals surface area contributed by atoms with Gasteiger partial charge in [-0.1, -0.05) is 42.1 Å². The molecule has 3 rings (SSSR count). The zero-order valence-corrected chi connectivity index (χ0v) is 13.9. The molecule has 0 aliphatic carbocycles. The van der Waals surface area contributed by atoms with Crippen molar-refractivity contribution in [1.82, 2.24) is 19.9 Å². The summed E-state index contributed by atoms with van der Waals surface area (Å²) in [5, 5.41) is 11.9. The third-order valence-electron chi connectivity index (χ3n) is 2.90. The van der Waals surface area contributed by atoms with E-state index < -0.39 is 0 Å². The predicted octanol–water partition coefficient (Wildman–Crippen LogP) is 2.15. The summed E-state index contributed by atoms with van der Waals surface area (Å²) < 4.78 is 1.39. The number of nitrogens with one attached hydrogen (secondary N) is 1. The Kier molecular flexibility index (Phi) is 4.58. The number of thioether (sulfide) groups is 1. The number of aromatic nitrogens is 4. The zero-order valence-electron chi connectivity index (χ0n) is 12.3. The molecule has 0 aliphatic rings. The van der Waals surface area contributed by atoms with Crippen LogP contribution >= 0.6 is 23.1 Å². The van der Waals surface area contributed by atoms with Crippen LogP contribution in [0.2, 0.25) is 0 Å². The zero-order chi connectivity index (χ0) is 16.2. The highest BCUT2D eigenvalue weighted by Crippen LogP contribution is 2.22. The van der Waals surface area contributed by atoms with Crippen LogP contribution in [0.5, 0.6) is 0 Å². The molecule has 23 heavy (non-hydrogen) atoms. The molecule has 0 saturated heterocycles. The van der Waals surface area contributed by atoms with Gasteiger partial charge in [-0.05, 0) is 6.92 Å². The average molecular weight is 346 g/mol. The topological polar surface area (TPSA) is 98.7 Å². The summed E-state index contributed by atoms with van der Waals surface area (Å²) in [4.78, 5) is 17.1. The largest absolute Gasteiger partial charge is 0.335 e. The molecule has 0 aliphatic heterocycles. The lowest BCUT2D eigenvalue weighted by molar-refractivity contribution is -0.113. The molecular formula is C14H14N6OS2. The van der Waals surface area contributed by atoms with Crippen molar-refractivity contribution >= 4 is 34.1 Å². The van der Waals surface area contributed by atoms with E-state index in [1.165, 1.54) is 27.8 Å². The van der Waals surface area contributed by atoms with Crippen molar-refractivity contribution in [2.75, 3.05) is 16.9 Å². The summed E-state index contributed by atoms with van der Waals surface area (Å²) in [6, 6.07) is 9.53. The Hall–Kier alpha value is -2.39. The number of anilines is 1. The fraction of sp³-hybridized carbons (Fsp3) is 0.143. The second-order valence-corrected chi connectivity index (χ2v) is 6.83. The number of nitrogen functional groups attached to an aromatic ring is 1. The predicted molar refractivity (Wildman–Crippen MR) is 91.8 cm³/mol. The molecule has 0 radical (unpaired) electrons. The quantitative estimate of drug-likeness (QED) is 0.542. The maximum atomic E-state index is 11.9. The molecule has 0 unspecified atom stereocenters. The number of benzene rings is 1. The van der Waals surface area contributed by atoms with Gasteiger partial charge >= 0.3 is 0 Å². The van der Waals surface area contributed by atoms with E-state index in [0.717, 1.165) is 10.4 Å². The Morgan fingerprint density at radius 2 is 2.13 bits per heavy atom. The third-order valence-corrected chi connectivity index (χ3v) is 4.67. The first-order chi connectivity index (χ1) is 11.1. The Morgan fingerprint density at radius 3 is 2.83 bits per heavy atom. The molecule has 0 fully saturated rings. The lowest BCUT2D eigenvalue weighted by Crippen LogP contribution is -2.16. The normalized spacial score (nSPS) is 10.7. The van der Waals surface area contributed by atoms with E-state index in [4.69, 9.17) is 5.84 Å². The molecule has 9 heteroatoms.